The predicted molar refractivity (Wildman–Crippen MR) is 142 cm³/mol. The first-order valence-electron chi connectivity index (χ1n) is 12.2. The second-order valence-corrected chi connectivity index (χ2v) is 9.50. The Morgan fingerprint density at radius 3 is 2.13 bits per heavy atom. The van der Waals surface area contributed by atoms with Crippen molar-refractivity contribution in [3.63, 3.8) is 0 Å². The van der Waals surface area contributed by atoms with E-state index in [-0.39, 0.29) is 5.78 Å². The molecule has 1 saturated heterocycles. The number of hydrogen-bond acceptors (Lipinski definition) is 7. The lowest BCUT2D eigenvalue weighted by molar-refractivity contribution is 0.0874. The van der Waals surface area contributed by atoms with E-state index < -0.39 is 23.4 Å². The van der Waals surface area contributed by atoms with Crippen LogP contribution in [0.15, 0.2) is 66.9 Å². The van der Waals surface area contributed by atoms with Crippen LogP contribution in [0.4, 0.5) is 0 Å². The van der Waals surface area contributed by atoms with Gasteiger partial charge in [-0.2, -0.15) is 10.5 Å². The zero-order valence-electron chi connectivity index (χ0n) is 21.6. The minimum absolute atomic E-state index is 0.176. The molecular formula is C31H27N3O4. The first kappa shape index (κ1) is 24.9. The van der Waals surface area contributed by atoms with Gasteiger partial charge in [0.2, 0.25) is 5.75 Å². The molecule has 2 aliphatic heterocycles. The number of nitriles is 2. The Morgan fingerprint density at radius 2 is 1.55 bits per heavy atom. The lowest BCUT2D eigenvalue weighted by Gasteiger charge is -2.34. The maximum Gasteiger partial charge on any atom is 0.203 e. The van der Waals surface area contributed by atoms with Crippen molar-refractivity contribution in [1.82, 2.24) is 4.90 Å². The zero-order chi connectivity index (χ0) is 27.0. The number of aryl methyl sites for hydroxylation is 1. The minimum Gasteiger partial charge on any atom is -0.493 e. The highest BCUT2D eigenvalue weighted by atomic mass is 16.5. The molecule has 0 bridgehead atoms. The van der Waals surface area contributed by atoms with Crippen LogP contribution in [0.25, 0.3) is 6.08 Å². The molecular weight excluding hydrogens is 478 g/mol. The van der Waals surface area contributed by atoms with E-state index in [4.69, 9.17) is 14.2 Å². The monoisotopic (exact) mass is 505 g/mol. The van der Waals surface area contributed by atoms with Crippen LogP contribution in [-0.4, -0.2) is 38.1 Å². The van der Waals surface area contributed by atoms with Crippen molar-refractivity contribution in [2.45, 2.75) is 24.9 Å². The predicted octanol–water partition coefficient (Wildman–Crippen LogP) is 5.43. The van der Waals surface area contributed by atoms with Gasteiger partial charge in [0.1, 0.15) is 6.04 Å². The van der Waals surface area contributed by atoms with Gasteiger partial charge in [0.15, 0.2) is 22.7 Å². The van der Waals surface area contributed by atoms with Gasteiger partial charge < -0.3 is 19.1 Å². The number of Topliss-reactive ketones (excluding diaryl/α,β-unsaturated/α-hetero) is 1. The van der Waals surface area contributed by atoms with Crippen molar-refractivity contribution in [2.24, 2.45) is 5.41 Å². The van der Waals surface area contributed by atoms with E-state index in [1.807, 2.05) is 60.5 Å². The summed E-state index contributed by atoms with van der Waals surface area (Å²) in [6.45, 7) is 1.96. The van der Waals surface area contributed by atoms with E-state index in [9.17, 15) is 15.3 Å². The summed E-state index contributed by atoms with van der Waals surface area (Å²) in [7, 11) is 4.53. The van der Waals surface area contributed by atoms with E-state index in [0.29, 0.717) is 28.4 Å². The van der Waals surface area contributed by atoms with Crippen LogP contribution in [0.1, 0.15) is 44.6 Å². The van der Waals surface area contributed by atoms with Crippen LogP contribution in [0.2, 0.25) is 0 Å². The highest BCUT2D eigenvalue weighted by Gasteiger charge is 2.64. The van der Waals surface area contributed by atoms with Crippen LogP contribution in [0.3, 0.4) is 0 Å². The van der Waals surface area contributed by atoms with Crippen molar-refractivity contribution in [2.75, 3.05) is 21.3 Å². The van der Waals surface area contributed by atoms with Crippen LogP contribution in [0, 0.1) is 35.0 Å². The quantitative estimate of drug-likeness (QED) is 0.412. The molecule has 7 heteroatoms. The summed E-state index contributed by atoms with van der Waals surface area (Å²) in [5, 5.41) is 21.5. The summed E-state index contributed by atoms with van der Waals surface area (Å²) in [5.41, 5.74) is 2.26. The maximum atomic E-state index is 14.3. The Bertz CT molecular complexity index is 1470. The van der Waals surface area contributed by atoms with Crippen LogP contribution in [0.5, 0.6) is 17.2 Å². The van der Waals surface area contributed by atoms with Crippen molar-refractivity contribution in [1.29, 1.82) is 10.5 Å². The Hall–Kier alpha value is -4.75. The van der Waals surface area contributed by atoms with Crippen LogP contribution >= 0.6 is 0 Å². The molecule has 0 aliphatic carbocycles. The molecule has 0 radical (unpaired) electrons. The molecule has 5 rings (SSSR count). The number of benzene rings is 3. The number of fused-ring (bicyclic) bond motifs is 3. The lowest BCUT2D eigenvalue weighted by atomic mass is 9.67. The summed E-state index contributed by atoms with van der Waals surface area (Å²) in [6.07, 6.45) is 3.77. The Kier molecular flexibility index (Phi) is 6.30. The minimum atomic E-state index is -1.60. The zero-order valence-corrected chi connectivity index (χ0v) is 21.6. The molecule has 38 heavy (non-hydrogen) atoms. The van der Waals surface area contributed by atoms with Gasteiger partial charge in [0.05, 0.1) is 39.5 Å². The second kappa shape index (κ2) is 9.61. The van der Waals surface area contributed by atoms with Crippen molar-refractivity contribution in [3.8, 4) is 29.4 Å². The van der Waals surface area contributed by atoms with Gasteiger partial charge in [0, 0.05) is 17.7 Å². The Morgan fingerprint density at radius 1 is 0.921 bits per heavy atom. The van der Waals surface area contributed by atoms with Gasteiger partial charge in [-0.1, -0.05) is 54.1 Å². The highest BCUT2D eigenvalue weighted by Crippen LogP contribution is 2.61. The molecule has 3 aromatic rings. The van der Waals surface area contributed by atoms with Crippen molar-refractivity contribution < 1.29 is 19.0 Å². The largest absolute Gasteiger partial charge is 0.493 e. The topological polar surface area (TPSA) is 95.6 Å². The Balaban J connectivity index is 1.81. The third kappa shape index (κ3) is 3.59. The molecule has 0 amide bonds. The number of ether oxygens (including phenoxy) is 3. The summed E-state index contributed by atoms with van der Waals surface area (Å²) in [4.78, 5) is 16.2. The van der Waals surface area contributed by atoms with E-state index in [1.165, 1.54) is 21.3 Å². The van der Waals surface area contributed by atoms with Gasteiger partial charge in [0.25, 0.3) is 0 Å². The number of hydrogen-bond donors (Lipinski definition) is 0. The average molecular weight is 506 g/mol. The molecule has 1 unspecified atom stereocenters. The number of carbonyl (C=O) groups excluding carboxylic acids is 1. The van der Waals surface area contributed by atoms with Gasteiger partial charge in [-0.25, -0.2) is 0 Å². The van der Waals surface area contributed by atoms with Crippen molar-refractivity contribution >= 4 is 11.9 Å². The molecule has 2 heterocycles. The fourth-order valence-electron chi connectivity index (χ4n) is 5.84. The van der Waals surface area contributed by atoms with Gasteiger partial charge >= 0.3 is 0 Å². The first-order valence-corrected chi connectivity index (χ1v) is 12.2. The van der Waals surface area contributed by atoms with Gasteiger partial charge in [-0.3, -0.25) is 4.79 Å². The van der Waals surface area contributed by atoms with Gasteiger partial charge in [-0.05, 0) is 41.8 Å². The molecule has 7 nitrogen and oxygen atoms in total. The summed E-state index contributed by atoms with van der Waals surface area (Å²) in [5.74, 6) is 0.148. The maximum absolute atomic E-state index is 14.3. The number of rotatable bonds is 6. The molecule has 0 aromatic heterocycles. The average Bonchev–Trinajstić information content (AvgIpc) is 3.27. The molecule has 190 valence electrons. The molecule has 2 aliphatic rings. The normalized spacial score (nSPS) is 20.5. The standard InChI is InChI=1S/C31H27N3O4/c1-19-9-11-21(12-10-19)28(35)27-26(22-15-24(36-2)29(38-4)25(16-22)37-3)31(17-32,18-33)30-23-8-6-5-7-20(23)13-14-34(27)30/h5-16,26-27,30H,1-4H3/t26-,27+,30?/m0/s1. The number of ketones is 1. The summed E-state index contributed by atoms with van der Waals surface area (Å²) < 4.78 is 16.7. The fourth-order valence-corrected chi connectivity index (χ4v) is 5.84. The van der Waals surface area contributed by atoms with E-state index in [2.05, 4.69) is 12.1 Å². The number of carbonyl (C=O) groups is 1. The molecule has 1 fully saturated rings. The van der Waals surface area contributed by atoms with E-state index in [0.717, 1.165) is 16.7 Å². The van der Waals surface area contributed by atoms with Crippen LogP contribution in [-0.2, 0) is 0 Å². The van der Waals surface area contributed by atoms with Crippen molar-refractivity contribution in [3.05, 3.63) is 94.7 Å². The molecule has 3 aromatic carbocycles. The summed E-state index contributed by atoms with van der Waals surface area (Å²) >= 11 is 0. The fraction of sp³-hybridized carbons (Fsp3) is 0.258. The third-order valence-corrected chi connectivity index (χ3v) is 7.59. The van der Waals surface area contributed by atoms with Gasteiger partial charge in [-0.15, -0.1) is 0 Å². The second-order valence-electron chi connectivity index (χ2n) is 9.50. The van der Waals surface area contributed by atoms with E-state index in [1.54, 1.807) is 24.3 Å². The molecule has 3 atom stereocenters. The highest BCUT2D eigenvalue weighted by molar-refractivity contribution is 6.02. The van der Waals surface area contributed by atoms with E-state index >= 15 is 0 Å². The number of nitrogens with zero attached hydrogens (tertiary/aromatic N) is 3. The lowest BCUT2D eigenvalue weighted by Crippen LogP contribution is -2.37. The molecule has 0 N–H and O–H groups in total. The number of methoxy groups -OCH3 is 3. The Labute approximate surface area is 222 Å². The van der Waals surface area contributed by atoms with Crippen LogP contribution < -0.4 is 14.2 Å². The smallest absolute Gasteiger partial charge is 0.203 e. The third-order valence-electron chi connectivity index (χ3n) is 7.59. The molecule has 0 spiro atoms. The first-order chi connectivity index (χ1) is 18.4. The summed E-state index contributed by atoms with van der Waals surface area (Å²) in [6, 6.07) is 21.7. The molecule has 0 saturated carbocycles. The SMILES string of the molecule is COc1cc([C@H]2[C@H](C(=O)c3ccc(C)cc3)N3C=Cc4ccccc4C3C2(C#N)C#N)cc(OC)c1OC.